The van der Waals surface area contributed by atoms with Crippen molar-refractivity contribution in [1.82, 2.24) is 14.9 Å². The van der Waals surface area contributed by atoms with Crippen molar-refractivity contribution in [2.45, 2.75) is 59.4 Å². The maximum Gasteiger partial charge on any atom is 0.224 e. The molecule has 0 aliphatic rings. The van der Waals surface area contributed by atoms with Crippen LogP contribution in [0, 0.1) is 20.8 Å². The lowest BCUT2D eigenvalue weighted by atomic mass is 9.99. The second kappa shape index (κ2) is 12.6. The number of hydrogen-bond donors (Lipinski definition) is 1. The summed E-state index contributed by atoms with van der Waals surface area (Å²) >= 11 is 0. The van der Waals surface area contributed by atoms with Crippen LogP contribution in [-0.2, 0) is 24.2 Å². The lowest BCUT2D eigenvalue weighted by molar-refractivity contribution is -0.120. The first-order valence-corrected chi connectivity index (χ1v) is 13.4. The minimum absolute atomic E-state index is 0.0165. The normalized spacial score (nSPS) is 11.1. The highest BCUT2D eigenvalue weighted by Gasteiger charge is 2.14. The van der Waals surface area contributed by atoms with Crippen LogP contribution in [0.2, 0.25) is 0 Å². The molecule has 0 saturated heterocycles. The van der Waals surface area contributed by atoms with Gasteiger partial charge in [0.2, 0.25) is 5.91 Å². The van der Waals surface area contributed by atoms with Gasteiger partial charge in [0.05, 0.1) is 31.7 Å². The van der Waals surface area contributed by atoms with E-state index in [-0.39, 0.29) is 5.91 Å². The topological polar surface area (TPSA) is 65.4 Å². The first-order valence-electron chi connectivity index (χ1n) is 13.4. The molecule has 200 valence electrons. The number of carbonyl (C=O) groups excluding carboxylic acids is 1. The first kappa shape index (κ1) is 27.2. The monoisotopic (exact) mass is 513 g/mol. The smallest absolute Gasteiger partial charge is 0.224 e. The predicted molar refractivity (Wildman–Crippen MR) is 153 cm³/mol. The minimum atomic E-state index is 0.0165. The number of ether oxygens (including phenoxy) is 2. The van der Waals surface area contributed by atoms with Crippen molar-refractivity contribution < 1.29 is 14.3 Å². The molecule has 1 N–H and O–H groups in total. The van der Waals surface area contributed by atoms with Crippen LogP contribution < -0.4 is 14.8 Å². The Morgan fingerprint density at radius 3 is 2.37 bits per heavy atom. The number of nitrogens with zero attached hydrogens (tertiary/aromatic N) is 2. The number of fused-ring (bicyclic) bond motifs is 1. The highest BCUT2D eigenvalue weighted by molar-refractivity contribution is 5.78. The van der Waals surface area contributed by atoms with E-state index < -0.39 is 0 Å². The number of rotatable bonds is 12. The van der Waals surface area contributed by atoms with Gasteiger partial charge in [0.15, 0.2) is 11.5 Å². The number of aryl methyl sites for hydroxylation is 4. The van der Waals surface area contributed by atoms with Crippen LogP contribution in [0.5, 0.6) is 11.5 Å². The Bertz CT molecular complexity index is 1380. The quantitative estimate of drug-likeness (QED) is 0.233. The van der Waals surface area contributed by atoms with Gasteiger partial charge in [0, 0.05) is 19.5 Å². The van der Waals surface area contributed by atoms with Crippen molar-refractivity contribution in [2.24, 2.45) is 0 Å². The van der Waals surface area contributed by atoms with Gasteiger partial charge in [-0.15, -0.1) is 0 Å². The molecular formula is C32H39N3O3. The van der Waals surface area contributed by atoms with Gasteiger partial charge in [-0.25, -0.2) is 4.98 Å². The maximum atomic E-state index is 12.4. The molecule has 38 heavy (non-hydrogen) atoms. The summed E-state index contributed by atoms with van der Waals surface area (Å²) < 4.78 is 13.0. The molecule has 1 heterocycles. The Labute approximate surface area is 226 Å². The third-order valence-electron chi connectivity index (χ3n) is 7.10. The molecule has 0 saturated carbocycles. The molecule has 0 radical (unpaired) electrons. The van der Waals surface area contributed by atoms with Crippen LogP contribution in [0.3, 0.4) is 0 Å². The molecule has 0 fully saturated rings. The summed E-state index contributed by atoms with van der Waals surface area (Å²) in [6.07, 6.45) is 4.23. The number of aromatic nitrogens is 2. The molecule has 1 amide bonds. The molecule has 4 rings (SSSR count). The molecule has 3 aromatic carbocycles. The predicted octanol–water partition coefficient (Wildman–Crippen LogP) is 6.10. The summed E-state index contributed by atoms with van der Waals surface area (Å²) in [5.41, 5.74) is 8.47. The molecule has 0 spiro atoms. The second-order valence-corrected chi connectivity index (χ2v) is 10.0. The summed E-state index contributed by atoms with van der Waals surface area (Å²) in [4.78, 5) is 17.4. The number of imidazole rings is 1. The second-order valence-electron chi connectivity index (χ2n) is 10.0. The zero-order valence-corrected chi connectivity index (χ0v) is 23.3. The maximum absolute atomic E-state index is 12.4. The van der Waals surface area contributed by atoms with Gasteiger partial charge in [-0.05, 0) is 80.1 Å². The van der Waals surface area contributed by atoms with Gasteiger partial charge in [0.1, 0.15) is 5.82 Å². The van der Waals surface area contributed by atoms with Gasteiger partial charge in [0.25, 0.3) is 0 Å². The van der Waals surface area contributed by atoms with Crippen LogP contribution in [0.15, 0.2) is 54.6 Å². The summed E-state index contributed by atoms with van der Waals surface area (Å²) in [5, 5.41) is 3.05. The number of unbranched alkanes of at least 4 members (excludes halogenated alkanes) is 2. The standard InChI is InChI=1S/C32H39N3O3/c1-22-17-23(2)26(24(3)18-22)21-35-28-12-9-8-11-27(28)34-31(35)13-7-6-10-16-33-32(36)20-25-14-15-29(37-4)30(19-25)38-5/h8-9,11-12,14-15,17-19H,6-7,10,13,16,20-21H2,1-5H3,(H,33,36). The van der Waals surface area contributed by atoms with Crippen molar-refractivity contribution in [3.05, 3.63) is 88.2 Å². The van der Waals surface area contributed by atoms with Crippen LogP contribution >= 0.6 is 0 Å². The molecule has 6 nitrogen and oxygen atoms in total. The molecule has 0 unspecified atom stereocenters. The van der Waals surface area contributed by atoms with E-state index in [1.807, 2.05) is 18.2 Å². The number of methoxy groups -OCH3 is 2. The third-order valence-corrected chi connectivity index (χ3v) is 7.10. The number of nitrogens with one attached hydrogen (secondary N) is 1. The SMILES string of the molecule is COc1ccc(CC(=O)NCCCCCc2nc3ccccc3n2Cc2c(C)cc(C)cc2C)cc1OC. The molecule has 0 atom stereocenters. The van der Waals surface area contributed by atoms with E-state index in [1.54, 1.807) is 14.2 Å². The van der Waals surface area contributed by atoms with Crippen molar-refractivity contribution in [3.8, 4) is 11.5 Å². The van der Waals surface area contributed by atoms with Crippen molar-refractivity contribution in [1.29, 1.82) is 0 Å². The summed E-state index contributed by atoms with van der Waals surface area (Å²) in [6, 6.07) is 18.5. The van der Waals surface area contributed by atoms with E-state index >= 15 is 0 Å². The third kappa shape index (κ3) is 6.55. The Morgan fingerprint density at radius 1 is 0.895 bits per heavy atom. The fraction of sp³-hybridized carbons (Fsp3) is 0.375. The van der Waals surface area contributed by atoms with E-state index in [2.05, 4.69) is 67.1 Å². The number of hydrogen-bond acceptors (Lipinski definition) is 4. The van der Waals surface area contributed by atoms with Gasteiger partial charge in [-0.2, -0.15) is 0 Å². The molecule has 0 aliphatic carbocycles. The summed E-state index contributed by atoms with van der Waals surface area (Å²) in [5.74, 6) is 2.44. The van der Waals surface area contributed by atoms with Crippen LogP contribution in [0.25, 0.3) is 11.0 Å². The van der Waals surface area contributed by atoms with E-state index in [0.717, 1.165) is 49.1 Å². The number of benzene rings is 3. The largest absolute Gasteiger partial charge is 0.493 e. The Morgan fingerprint density at radius 2 is 1.63 bits per heavy atom. The summed E-state index contributed by atoms with van der Waals surface area (Å²) in [6.45, 7) is 8.06. The zero-order valence-electron chi connectivity index (χ0n) is 23.3. The highest BCUT2D eigenvalue weighted by Crippen LogP contribution is 2.28. The fourth-order valence-corrected chi connectivity index (χ4v) is 5.16. The molecule has 1 aromatic heterocycles. The van der Waals surface area contributed by atoms with Crippen LogP contribution in [0.1, 0.15) is 52.9 Å². The summed E-state index contributed by atoms with van der Waals surface area (Å²) in [7, 11) is 3.20. The number of amides is 1. The van der Waals surface area contributed by atoms with E-state index in [1.165, 1.54) is 27.8 Å². The Balaban J connectivity index is 1.30. The zero-order chi connectivity index (χ0) is 27.1. The highest BCUT2D eigenvalue weighted by atomic mass is 16.5. The van der Waals surface area contributed by atoms with E-state index in [0.29, 0.717) is 24.5 Å². The van der Waals surface area contributed by atoms with Gasteiger partial charge in [-0.1, -0.05) is 42.3 Å². The van der Waals surface area contributed by atoms with Crippen LogP contribution in [0.4, 0.5) is 0 Å². The van der Waals surface area contributed by atoms with Crippen LogP contribution in [-0.4, -0.2) is 36.2 Å². The minimum Gasteiger partial charge on any atom is -0.493 e. The van der Waals surface area contributed by atoms with Crippen molar-refractivity contribution in [2.75, 3.05) is 20.8 Å². The van der Waals surface area contributed by atoms with Crippen molar-refractivity contribution >= 4 is 16.9 Å². The average Bonchev–Trinajstić information content (AvgIpc) is 3.25. The molecule has 0 bridgehead atoms. The first-order chi connectivity index (χ1) is 18.4. The molecule has 6 heteroatoms. The fourth-order valence-electron chi connectivity index (χ4n) is 5.16. The van der Waals surface area contributed by atoms with E-state index in [9.17, 15) is 4.79 Å². The molecular weight excluding hydrogens is 474 g/mol. The Kier molecular flexibility index (Phi) is 9.06. The average molecular weight is 514 g/mol. The van der Waals surface area contributed by atoms with Gasteiger partial charge >= 0.3 is 0 Å². The van der Waals surface area contributed by atoms with Gasteiger partial charge < -0.3 is 19.4 Å². The number of carbonyl (C=O) groups is 1. The van der Waals surface area contributed by atoms with Crippen molar-refractivity contribution in [3.63, 3.8) is 0 Å². The number of para-hydroxylation sites is 2. The van der Waals surface area contributed by atoms with Gasteiger partial charge in [-0.3, -0.25) is 4.79 Å². The molecule has 4 aromatic rings. The van der Waals surface area contributed by atoms with E-state index in [4.69, 9.17) is 14.5 Å². The Hall–Kier alpha value is -3.80. The lowest BCUT2D eigenvalue weighted by Gasteiger charge is -2.15. The lowest BCUT2D eigenvalue weighted by Crippen LogP contribution is -2.26. The molecule has 0 aliphatic heterocycles.